The van der Waals surface area contributed by atoms with Crippen LogP contribution in [0.3, 0.4) is 0 Å². The Balaban J connectivity index is 1.46. The standard InChI is InChI=1S/C20H23N7O4S/c28-20-18-15(22-13-23-20)11-17(27-5-9-32(29,30)10-6-27)25-19(18)24-14-1-2-16(21-12-14)26-3-7-31-8-4-26/h1-2,11-13H,3-10H2,(H,24,25)(H,22,23,28). The predicted octanol–water partition coefficient (Wildman–Crippen LogP) is 0.528. The maximum Gasteiger partial charge on any atom is 0.262 e. The number of H-pyrrole nitrogens is 1. The first-order valence-electron chi connectivity index (χ1n) is 10.4. The van der Waals surface area contributed by atoms with E-state index in [-0.39, 0.29) is 17.1 Å². The molecular weight excluding hydrogens is 434 g/mol. The van der Waals surface area contributed by atoms with E-state index in [1.165, 1.54) is 6.33 Å². The summed E-state index contributed by atoms with van der Waals surface area (Å²) in [6, 6.07) is 5.52. The van der Waals surface area contributed by atoms with Gasteiger partial charge in [0, 0.05) is 32.2 Å². The highest BCUT2D eigenvalue weighted by Gasteiger charge is 2.24. The molecule has 5 rings (SSSR count). The molecule has 2 saturated heterocycles. The summed E-state index contributed by atoms with van der Waals surface area (Å²) in [6.45, 7) is 3.63. The molecular formula is C20H23N7O4S. The van der Waals surface area contributed by atoms with Crippen LogP contribution >= 0.6 is 0 Å². The van der Waals surface area contributed by atoms with Crippen LogP contribution in [-0.2, 0) is 14.6 Å². The van der Waals surface area contributed by atoms with Gasteiger partial charge in [-0.1, -0.05) is 0 Å². The minimum absolute atomic E-state index is 0.0746. The average Bonchev–Trinajstić information content (AvgIpc) is 2.80. The Hall–Kier alpha value is -3.25. The highest BCUT2D eigenvalue weighted by Crippen LogP contribution is 2.27. The summed E-state index contributed by atoms with van der Waals surface area (Å²) in [7, 11) is -3.02. The number of ether oxygens (including phenoxy) is 1. The van der Waals surface area contributed by atoms with Gasteiger partial charge in [0.2, 0.25) is 0 Å². The van der Waals surface area contributed by atoms with Crippen LogP contribution in [-0.4, -0.2) is 79.3 Å². The molecule has 2 N–H and O–H groups in total. The van der Waals surface area contributed by atoms with E-state index in [0.717, 1.165) is 18.9 Å². The Morgan fingerprint density at radius 3 is 2.47 bits per heavy atom. The second kappa shape index (κ2) is 8.36. The number of aromatic amines is 1. The number of nitrogens with zero attached hydrogens (tertiary/aromatic N) is 5. The van der Waals surface area contributed by atoms with Gasteiger partial charge in [-0.3, -0.25) is 4.79 Å². The molecule has 2 aliphatic rings. The predicted molar refractivity (Wildman–Crippen MR) is 122 cm³/mol. The molecule has 0 amide bonds. The van der Waals surface area contributed by atoms with Gasteiger partial charge in [0.25, 0.3) is 5.56 Å². The van der Waals surface area contributed by atoms with E-state index >= 15 is 0 Å². The SMILES string of the molecule is O=c1[nH]cnc2cc(N3CCS(=O)(=O)CC3)nc(Nc3ccc(N4CCOCC4)nc3)c12. The van der Waals surface area contributed by atoms with Crippen molar-refractivity contribution >= 4 is 43.9 Å². The Morgan fingerprint density at radius 1 is 1.00 bits per heavy atom. The first-order valence-corrected chi connectivity index (χ1v) is 12.2. The summed E-state index contributed by atoms with van der Waals surface area (Å²) in [4.78, 5) is 32.6. The number of hydrogen-bond donors (Lipinski definition) is 2. The molecule has 168 valence electrons. The molecule has 11 nitrogen and oxygen atoms in total. The van der Waals surface area contributed by atoms with E-state index in [4.69, 9.17) is 4.74 Å². The van der Waals surface area contributed by atoms with E-state index in [9.17, 15) is 13.2 Å². The van der Waals surface area contributed by atoms with Crippen LogP contribution in [0.15, 0.2) is 35.5 Å². The number of hydrogen-bond acceptors (Lipinski definition) is 10. The lowest BCUT2D eigenvalue weighted by Gasteiger charge is -2.28. The van der Waals surface area contributed by atoms with Gasteiger partial charge in [-0.15, -0.1) is 0 Å². The number of fused-ring (bicyclic) bond motifs is 1. The number of anilines is 4. The topological polar surface area (TPSA) is 133 Å². The maximum atomic E-state index is 12.5. The van der Waals surface area contributed by atoms with Crippen LogP contribution < -0.4 is 20.7 Å². The lowest BCUT2D eigenvalue weighted by atomic mass is 10.2. The maximum absolute atomic E-state index is 12.5. The minimum atomic E-state index is -3.02. The average molecular weight is 458 g/mol. The van der Waals surface area contributed by atoms with Crippen molar-refractivity contribution in [3.63, 3.8) is 0 Å². The van der Waals surface area contributed by atoms with Gasteiger partial charge in [-0.25, -0.2) is 23.4 Å². The number of rotatable bonds is 4. The highest BCUT2D eigenvalue weighted by molar-refractivity contribution is 7.91. The van der Waals surface area contributed by atoms with Crippen molar-refractivity contribution in [2.24, 2.45) is 0 Å². The molecule has 0 radical (unpaired) electrons. The van der Waals surface area contributed by atoms with Crippen molar-refractivity contribution in [2.75, 3.05) is 66.0 Å². The zero-order valence-electron chi connectivity index (χ0n) is 17.3. The lowest BCUT2D eigenvalue weighted by Crippen LogP contribution is -2.40. The number of aromatic nitrogens is 4. The molecule has 2 fully saturated rings. The smallest absolute Gasteiger partial charge is 0.262 e. The van der Waals surface area contributed by atoms with Crippen LogP contribution in [0.4, 0.5) is 23.1 Å². The molecule has 0 saturated carbocycles. The van der Waals surface area contributed by atoms with Crippen molar-refractivity contribution in [1.29, 1.82) is 0 Å². The summed E-state index contributed by atoms with van der Waals surface area (Å²) in [5.41, 5.74) is 0.848. The van der Waals surface area contributed by atoms with Crippen molar-refractivity contribution in [3.8, 4) is 0 Å². The van der Waals surface area contributed by atoms with Crippen molar-refractivity contribution < 1.29 is 13.2 Å². The fourth-order valence-corrected chi connectivity index (χ4v) is 5.05. The van der Waals surface area contributed by atoms with E-state index in [2.05, 4.69) is 30.2 Å². The third-order valence-electron chi connectivity index (χ3n) is 5.63. The molecule has 0 bridgehead atoms. The quantitative estimate of drug-likeness (QED) is 0.571. The minimum Gasteiger partial charge on any atom is -0.378 e. The molecule has 32 heavy (non-hydrogen) atoms. The van der Waals surface area contributed by atoms with E-state index in [1.807, 2.05) is 17.0 Å². The van der Waals surface area contributed by atoms with Crippen LogP contribution in [0.25, 0.3) is 10.9 Å². The molecule has 0 aromatic carbocycles. The molecule has 5 heterocycles. The molecule has 0 aliphatic carbocycles. The van der Waals surface area contributed by atoms with Gasteiger partial charge in [-0.2, -0.15) is 0 Å². The van der Waals surface area contributed by atoms with Gasteiger partial charge < -0.3 is 24.8 Å². The molecule has 3 aromatic heterocycles. The zero-order valence-corrected chi connectivity index (χ0v) is 18.1. The number of morpholine rings is 1. The van der Waals surface area contributed by atoms with E-state index in [1.54, 1.807) is 12.3 Å². The molecule has 0 spiro atoms. The molecule has 0 atom stereocenters. The lowest BCUT2D eigenvalue weighted by molar-refractivity contribution is 0.122. The van der Waals surface area contributed by atoms with Crippen molar-refractivity contribution in [3.05, 3.63) is 41.1 Å². The summed E-state index contributed by atoms with van der Waals surface area (Å²) < 4.78 is 29.0. The second-order valence-electron chi connectivity index (χ2n) is 7.72. The number of pyridine rings is 2. The molecule has 3 aromatic rings. The van der Waals surface area contributed by atoms with Gasteiger partial charge >= 0.3 is 0 Å². The van der Waals surface area contributed by atoms with Crippen LogP contribution in [0.5, 0.6) is 0 Å². The Bertz CT molecular complexity index is 1270. The summed E-state index contributed by atoms with van der Waals surface area (Å²) >= 11 is 0. The fourth-order valence-electron chi connectivity index (χ4n) is 3.85. The number of sulfone groups is 1. The van der Waals surface area contributed by atoms with Crippen LogP contribution in [0.2, 0.25) is 0 Å². The molecule has 12 heteroatoms. The normalized spacial score (nSPS) is 18.6. The Morgan fingerprint density at radius 2 is 1.75 bits per heavy atom. The Kier molecular flexibility index (Phi) is 5.39. The summed E-state index contributed by atoms with van der Waals surface area (Å²) in [5.74, 6) is 1.93. The van der Waals surface area contributed by atoms with Crippen molar-refractivity contribution in [1.82, 2.24) is 19.9 Å². The third-order valence-corrected chi connectivity index (χ3v) is 7.23. The number of nitrogens with one attached hydrogen (secondary N) is 2. The zero-order chi connectivity index (χ0) is 22.1. The van der Waals surface area contributed by atoms with Crippen LogP contribution in [0, 0.1) is 0 Å². The Labute approximate surface area is 184 Å². The first kappa shape index (κ1) is 20.6. The largest absolute Gasteiger partial charge is 0.378 e. The van der Waals surface area contributed by atoms with Gasteiger partial charge in [0.05, 0.1) is 48.4 Å². The van der Waals surface area contributed by atoms with Gasteiger partial charge in [0.1, 0.15) is 22.8 Å². The van der Waals surface area contributed by atoms with E-state index < -0.39 is 9.84 Å². The van der Waals surface area contributed by atoms with Crippen LogP contribution in [0.1, 0.15) is 0 Å². The highest BCUT2D eigenvalue weighted by atomic mass is 32.2. The second-order valence-corrected chi connectivity index (χ2v) is 10.0. The summed E-state index contributed by atoms with van der Waals surface area (Å²) in [6.07, 6.45) is 3.04. The summed E-state index contributed by atoms with van der Waals surface area (Å²) in [5, 5.41) is 3.52. The monoisotopic (exact) mass is 457 g/mol. The fraction of sp³-hybridized carbons (Fsp3) is 0.400. The van der Waals surface area contributed by atoms with Crippen molar-refractivity contribution in [2.45, 2.75) is 0 Å². The first-order chi connectivity index (χ1) is 15.5. The third kappa shape index (κ3) is 4.23. The van der Waals surface area contributed by atoms with Gasteiger partial charge in [-0.05, 0) is 12.1 Å². The molecule has 2 aliphatic heterocycles. The molecule has 0 unspecified atom stereocenters. The van der Waals surface area contributed by atoms with E-state index in [0.29, 0.717) is 54.5 Å². The van der Waals surface area contributed by atoms with Gasteiger partial charge in [0.15, 0.2) is 9.84 Å².